The van der Waals surface area contributed by atoms with Crippen LogP contribution in [0, 0.1) is 0 Å². The maximum absolute atomic E-state index is 12.4. The topological polar surface area (TPSA) is 336 Å². The van der Waals surface area contributed by atoms with Crippen molar-refractivity contribution in [3.63, 3.8) is 0 Å². The number of nitrogens with one attached hydrogen (secondary N) is 2. The normalized spacial score (nSPS) is 11.8. The number of azo groups is 3. The predicted octanol–water partition coefficient (Wildman–Crippen LogP) is -2.40. The SMILES string of the molecule is Nc1c(N=Nc2ccc(-c3nc4cc(N=Nc5ccc(O)cc5NCC(=O)[O-])ccc4[nH]3)cc2)c(S(=O)(=O)[O-])cc2cc(S(=O)(=O)[O-])c(N=Nc3ccccc3)c(O)c12.[Na+].[Na+].[Na+]. The van der Waals surface area contributed by atoms with Crippen LogP contribution in [0.25, 0.3) is 33.2 Å². The first kappa shape index (κ1) is 50.0. The molecule has 20 nitrogen and oxygen atoms in total. The number of rotatable bonds is 12. The number of aromatic amines is 1. The van der Waals surface area contributed by atoms with Crippen LogP contribution in [-0.2, 0) is 25.0 Å². The second kappa shape index (κ2) is 20.7. The molecule has 0 radical (unpaired) electrons. The number of nitrogens with zero attached hydrogens (tertiary/aromatic N) is 7. The van der Waals surface area contributed by atoms with Crippen LogP contribution < -0.4 is 105 Å². The number of carboxylic acid groups (broad SMARTS) is 1. The van der Waals surface area contributed by atoms with Crippen molar-refractivity contribution in [2.45, 2.75) is 9.79 Å². The fourth-order valence-corrected chi connectivity index (χ4v) is 7.02. The number of aromatic hydroxyl groups is 2. The predicted molar refractivity (Wildman–Crippen MR) is 208 cm³/mol. The summed E-state index contributed by atoms with van der Waals surface area (Å²) in [5, 5.41) is 57.7. The van der Waals surface area contributed by atoms with Gasteiger partial charge in [-0.3, -0.25) is 0 Å². The zero-order chi connectivity index (χ0) is 42.1. The minimum absolute atomic E-state index is 0. The molecule has 1 aromatic heterocycles. The van der Waals surface area contributed by atoms with Gasteiger partial charge < -0.3 is 45.3 Å². The summed E-state index contributed by atoms with van der Waals surface area (Å²) in [6, 6.07) is 24.8. The van der Waals surface area contributed by atoms with E-state index in [0.29, 0.717) is 34.2 Å². The average Bonchev–Trinajstić information content (AvgIpc) is 3.62. The molecule has 7 rings (SSSR count). The van der Waals surface area contributed by atoms with Crippen LogP contribution in [0.3, 0.4) is 0 Å². The van der Waals surface area contributed by atoms with Crippen molar-refractivity contribution in [2.24, 2.45) is 30.7 Å². The Labute approximate surface area is 417 Å². The number of hydrogen-bond donors (Lipinski definition) is 5. The van der Waals surface area contributed by atoms with Gasteiger partial charge in [0.05, 0.1) is 67.2 Å². The van der Waals surface area contributed by atoms with Crippen molar-refractivity contribution in [1.82, 2.24) is 9.97 Å². The number of benzene rings is 6. The zero-order valence-corrected chi connectivity index (χ0v) is 40.3. The van der Waals surface area contributed by atoms with E-state index in [0.717, 1.165) is 6.07 Å². The molecule has 298 valence electrons. The molecular formula is C37H25N10Na3O10S2. The summed E-state index contributed by atoms with van der Waals surface area (Å²) in [4.78, 5) is 16.6. The second-order valence-corrected chi connectivity index (χ2v) is 15.1. The number of phenolic OH excluding ortho intramolecular Hbond substituents is 2. The van der Waals surface area contributed by atoms with Gasteiger partial charge in [0.1, 0.15) is 48.9 Å². The number of aromatic nitrogens is 2. The van der Waals surface area contributed by atoms with Crippen molar-refractivity contribution in [3.8, 4) is 22.9 Å². The third-order valence-corrected chi connectivity index (χ3v) is 10.1. The third-order valence-electron chi connectivity index (χ3n) is 8.42. The van der Waals surface area contributed by atoms with E-state index in [4.69, 9.17) is 5.73 Å². The summed E-state index contributed by atoms with van der Waals surface area (Å²) in [5.41, 5.74) is 7.31. The largest absolute Gasteiger partial charge is 1.00 e. The summed E-state index contributed by atoms with van der Waals surface area (Å²) < 4.78 is 73.7. The molecule has 0 spiro atoms. The Morgan fingerprint density at radius 2 is 1.29 bits per heavy atom. The molecular weight excluding hydrogens is 878 g/mol. The number of fused-ring (bicyclic) bond motifs is 2. The van der Waals surface area contributed by atoms with Crippen molar-refractivity contribution in [3.05, 3.63) is 103 Å². The monoisotopic (exact) mass is 902 g/mol. The minimum atomic E-state index is -5.35. The number of hydrogen-bond acceptors (Lipinski definition) is 19. The van der Waals surface area contributed by atoms with Crippen LogP contribution in [0.15, 0.2) is 144 Å². The summed E-state index contributed by atoms with van der Waals surface area (Å²) in [5.74, 6) is -1.96. The van der Waals surface area contributed by atoms with Gasteiger partial charge in [-0.05, 0) is 84.2 Å². The van der Waals surface area contributed by atoms with Gasteiger partial charge in [-0.15, -0.1) is 15.3 Å². The number of carbonyl (C=O) groups is 1. The maximum Gasteiger partial charge on any atom is 1.00 e. The number of carbonyl (C=O) groups excluding carboxylic acids is 1. The molecule has 0 bridgehead atoms. The quantitative estimate of drug-likeness (QED) is 0.0370. The first-order valence-corrected chi connectivity index (χ1v) is 19.6. The number of H-pyrrole nitrogens is 1. The molecule has 0 aliphatic heterocycles. The molecule has 25 heteroatoms. The third kappa shape index (κ3) is 11.5. The van der Waals surface area contributed by atoms with Crippen LogP contribution in [0.4, 0.5) is 45.5 Å². The van der Waals surface area contributed by atoms with E-state index in [1.165, 1.54) is 42.5 Å². The van der Waals surface area contributed by atoms with Gasteiger partial charge in [0.15, 0.2) is 5.75 Å². The Kier molecular flexibility index (Phi) is 16.7. The first-order chi connectivity index (χ1) is 28.0. The second-order valence-electron chi connectivity index (χ2n) is 12.4. The molecule has 0 aliphatic rings. The Balaban J connectivity index is 0.00000282. The molecule has 0 saturated heterocycles. The Hall–Kier alpha value is -4.66. The molecule has 0 atom stereocenters. The standard InChI is InChI=1S/C37H28N10O10S2.3Na/c38-33-32-20(15-30(59(55,56)57)35(36(32)51)47-42-21-4-2-1-3-5-21)14-29(58(52,53)54)34(33)46-43-22-8-6-19(7-9-22)37-40-25-12-10-23(16-28(25)41-37)44-45-26-13-11-24(48)17-27(26)39-18-31(49)50;;;/h1-17,39,48,51H,18,38H2,(H,40,41)(H,49,50)(H,52,53,54)(H,55,56,57);;;/q;3*+1/p-3. The summed E-state index contributed by atoms with van der Waals surface area (Å²) in [6.07, 6.45) is 0. The smallest absolute Gasteiger partial charge is 0.744 e. The minimum Gasteiger partial charge on any atom is -0.744 e. The Morgan fingerprint density at radius 3 is 1.92 bits per heavy atom. The number of nitrogen functional groups attached to an aromatic ring is 1. The van der Waals surface area contributed by atoms with Crippen LogP contribution in [0.5, 0.6) is 11.5 Å². The summed E-state index contributed by atoms with van der Waals surface area (Å²) in [6.45, 7) is -0.510. The molecule has 0 aliphatic carbocycles. The molecule has 6 N–H and O–H groups in total. The Morgan fingerprint density at radius 1 is 0.710 bits per heavy atom. The van der Waals surface area contributed by atoms with E-state index >= 15 is 0 Å². The van der Waals surface area contributed by atoms with Crippen LogP contribution >= 0.6 is 0 Å². The molecule has 1 heterocycles. The maximum atomic E-state index is 12.4. The van der Waals surface area contributed by atoms with Crippen molar-refractivity contribution >= 4 is 93.5 Å². The number of phenols is 2. The van der Waals surface area contributed by atoms with Gasteiger partial charge in [-0.1, -0.05) is 18.2 Å². The molecule has 0 unspecified atom stereocenters. The van der Waals surface area contributed by atoms with E-state index in [1.807, 2.05) is 0 Å². The molecule has 62 heavy (non-hydrogen) atoms. The van der Waals surface area contributed by atoms with Crippen LogP contribution in [0.1, 0.15) is 0 Å². The van der Waals surface area contributed by atoms with Crippen LogP contribution in [0.2, 0.25) is 0 Å². The zero-order valence-electron chi connectivity index (χ0n) is 32.7. The van der Waals surface area contributed by atoms with Gasteiger partial charge in [0.25, 0.3) is 0 Å². The van der Waals surface area contributed by atoms with Gasteiger partial charge in [-0.25, -0.2) is 21.8 Å². The Bertz CT molecular complexity index is 3140. The number of imidazole rings is 1. The summed E-state index contributed by atoms with van der Waals surface area (Å²) in [7, 11) is -10.7. The molecule has 0 amide bonds. The number of anilines is 2. The van der Waals surface area contributed by atoms with Crippen LogP contribution in [-0.4, -0.2) is 58.6 Å². The number of carboxylic acids is 1. The molecule has 0 fully saturated rings. The van der Waals surface area contributed by atoms with Crippen molar-refractivity contribution < 1.29 is 135 Å². The van der Waals surface area contributed by atoms with E-state index in [1.54, 1.807) is 48.5 Å². The average molecular weight is 903 g/mol. The van der Waals surface area contributed by atoms with E-state index < -0.39 is 65.4 Å². The number of nitrogens with two attached hydrogens (primary N) is 1. The van der Waals surface area contributed by atoms with Crippen molar-refractivity contribution in [1.29, 1.82) is 0 Å². The summed E-state index contributed by atoms with van der Waals surface area (Å²) >= 11 is 0. The number of aliphatic carboxylic acids is 1. The first-order valence-electron chi connectivity index (χ1n) is 16.8. The fourth-order valence-electron chi connectivity index (χ4n) is 5.71. The van der Waals surface area contributed by atoms with Gasteiger partial charge in [0, 0.05) is 11.6 Å². The molecule has 7 aromatic rings. The van der Waals surface area contributed by atoms with Gasteiger partial charge in [0.2, 0.25) is 0 Å². The molecule has 6 aromatic carbocycles. The van der Waals surface area contributed by atoms with Crippen molar-refractivity contribution in [2.75, 3.05) is 17.6 Å². The molecule has 0 saturated carbocycles. The fraction of sp³-hybridized carbons (Fsp3) is 0.0270. The van der Waals surface area contributed by atoms with E-state index in [2.05, 4.69) is 46.0 Å². The van der Waals surface area contributed by atoms with E-state index in [-0.39, 0.29) is 128 Å². The van der Waals surface area contributed by atoms with E-state index in [9.17, 15) is 46.1 Å². The van der Waals surface area contributed by atoms with Gasteiger partial charge >= 0.3 is 88.7 Å². The van der Waals surface area contributed by atoms with Gasteiger partial charge in [-0.2, -0.15) is 15.3 Å².